The van der Waals surface area contributed by atoms with Crippen molar-refractivity contribution in [2.45, 2.75) is 39.7 Å². The molecule has 0 aliphatic heterocycles. The van der Waals surface area contributed by atoms with E-state index in [2.05, 4.69) is 44.3 Å². The quantitative estimate of drug-likeness (QED) is 0.746. The zero-order chi connectivity index (χ0) is 10.4. The first kappa shape index (κ1) is 11.1. The molecule has 0 spiro atoms. The average molecular weight is 190 g/mol. The lowest BCUT2D eigenvalue weighted by atomic mass is 10.0. The molecular weight excluding hydrogens is 170 g/mol. The molecule has 14 heavy (non-hydrogen) atoms. The van der Waals surface area contributed by atoms with Crippen LogP contribution in [0.15, 0.2) is 24.3 Å². The third kappa shape index (κ3) is 4.31. The van der Waals surface area contributed by atoms with E-state index in [1.807, 2.05) is 12.1 Å². The van der Waals surface area contributed by atoms with Gasteiger partial charge in [0.25, 0.3) is 0 Å². The Kier molecular flexibility index (Phi) is 4.51. The van der Waals surface area contributed by atoms with Gasteiger partial charge in [0.2, 0.25) is 0 Å². The van der Waals surface area contributed by atoms with Gasteiger partial charge in [0.15, 0.2) is 0 Å². The molecule has 0 fully saturated rings. The molecule has 0 amide bonds. The summed E-state index contributed by atoms with van der Waals surface area (Å²) in [5.41, 5.74) is 1.19. The highest BCUT2D eigenvalue weighted by Crippen LogP contribution is 2.12. The van der Waals surface area contributed by atoms with Gasteiger partial charge in [0, 0.05) is 11.7 Å². The molecule has 0 aliphatic rings. The molecule has 77 valence electrons. The number of hydrogen-bond acceptors (Lipinski definition) is 1. The van der Waals surface area contributed by atoms with Gasteiger partial charge >= 0.3 is 0 Å². The van der Waals surface area contributed by atoms with Crippen LogP contribution in [-0.2, 0) is 0 Å². The smallest absolute Gasteiger partial charge is 0.0342 e. The first-order chi connectivity index (χ1) is 6.68. The Labute approximate surface area is 87.5 Å². The lowest BCUT2D eigenvalue weighted by molar-refractivity contribution is 0.528. The maximum atomic E-state index is 3.48. The van der Waals surface area contributed by atoms with Crippen LogP contribution in [0, 0.1) is 12.0 Å². The van der Waals surface area contributed by atoms with Crippen molar-refractivity contribution in [3.63, 3.8) is 0 Å². The molecule has 0 saturated carbocycles. The Balaban J connectivity index is 2.30. The van der Waals surface area contributed by atoms with Crippen LogP contribution in [0.1, 0.15) is 33.6 Å². The van der Waals surface area contributed by atoms with Gasteiger partial charge in [-0.05, 0) is 43.9 Å². The Morgan fingerprint density at radius 1 is 1.14 bits per heavy atom. The highest BCUT2D eigenvalue weighted by Gasteiger charge is 2.02. The van der Waals surface area contributed by atoms with Gasteiger partial charge in [-0.15, -0.1) is 0 Å². The molecule has 0 aliphatic carbocycles. The highest BCUT2D eigenvalue weighted by atomic mass is 14.9. The van der Waals surface area contributed by atoms with E-state index in [0.29, 0.717) is 6.04 Å². The summed E-state index contributed by atoms with van der Waals surface area (Å²) in [6.07, 6.45) is 2.52. The summed E-state index contributed by atoms with van der Waals surface area (Å²) in [5, 5.41) is 3.48. The number of rotatable bonds is 5. The lowest BCUT2D eigenvalue weighted by Crippen LogP contribution is -2.15. The van der Waals surface area contributed by atoms with E-state index in [1.165, 1.54) is 18.5 Å². The second-order valence-electron chi connectivity index (χ2n) is 4.31. The summed E-state index contributed by atoms with van der Waals surface area (Å²) in [5.74, 6) is 0.795. The topological polar surface area (TPSA) is 12.0 Å². The zero-order valence-corrected chi connectivity index (χ0v) is 9.38. The Hall–Kier alpha value is -0.980. The van der Waals surface area contributed by atoms with Crippen molar-refractivity contribution in [2.75, 3.05) is 5.32 Å². The van der Waals surface area contributed by atoms with Crippen molar-refractivity contribution < 1.29 is 0 Å². The normalized spacial score (nSPS) is 12.9. The van der Waals surface area contributed by atoms with Crippen LogP contribution in [0.4, 0.5) is 5.69 Å². The minimum absolute atomic E-state index is 0.555. The SMILES string of the molecule is CC(C)CCC(C)Nc1cc[c]cc1. The Morgan fingerprint density at radius 2 is 1.79 bits per heavy atom. The van der Waals surface area contributed by atoms with E-state index in [0.717, 1.165) is 5.92 Å². The fraction of sp³-hybridized carbons (Fsp3) is 0.538. The Morgan fingerprint density at radius 3 is 2.36 bits per heavy atom. The van der Waals surface area contributed by atoms with Crippen molar-refractivity contribution in [1.82, 2.24) is 0 Å². The molecule has 0 bridgehead atoms. The van der Waals surface area contributed by atoms with Crippen LogP contribution in [0.25, 0.3) is 0 Å². The fourth-order valence-electron chi connectivity index (χ4n) is 1.42. The Bertz CT molecular complexity index is 241. The minimum atomic E-state index is 0.555. The summed E-state index contributed by atoms with van der Waals surface area (Å²) in [4.78, 5) is 0. The zero-order valence-electron chi connectivity index (χ0n) is 9.38. The lowest BCUT2D eigenvalue weighted by Gasteiger charge is -2.16. The van der Waals surface area contributed by atoms with E-state index >= 15 is 0 Å². The molecule has 1 rings (SSSR count). The number of hydrogen-bond donors (Lipinski definition) is 1. The largest absolute Gasteiger partial charge is 0.383 e. The molecule has 1 nitrogen and oxygen atoms in total. The van der Waals surface area contributed by atoms with Gasteiger partial charge in [-0.3, -0.25) is 0 Å². The molecular formula is C13H20N. The van der Waals surface area contributed by atoms with Gasteiger partial charge in [0.05, 0.1) is 0 Å². The van der Waals surface area contributed by atoms with Crippen molar-refractivity contribution in [3.05, 3.63) is 30.3 Å². The van der Waals surface area contributed by atoms with E-state index in [1.54, 1.807) is 0 Å². The van der Waals surface area contributed by atoms with Gasteiger partial charge in [-0.2, -0.15) is 0 Å². The third-order valence-corrected chi connectivity index (χ3v) is 2.31. The summed E-state index contributed by atoms with van der Waals surface area (Å²) >= 11 is 0. The predicted octanol–water partition coefficient (Wildman–Crippen LogP) is 3.72. The van der Waals surface area contributed by atoms with Crippen LogP contribution >= 0.6 is 0 Å². The summed E-state index contributed by atoms with van der Waals surface area (Å²) in [6.45, 7) is 6.77. The monoisotopic (exact) mass is 190 g/mol. The van der Waals surface area contributed by atoms with Crippen molar-refractivity contribution in [3.8, 4) is 0 Å². The van der Waals surface area contributed by atoms with Gasteiger partial charge in [0.1, 0.15) is 0 Å². The van der Waals surface area contributed by atoms with E-state index in [9.17, 15) is 0 Å². The first-order valence-corrected chi connectivity index (χ1v) is 5.41. The second-order valence-corrected chi connectivity index (χ2v) is 4.31. The van der Waals surface area contributed by atoms with Crippen LogP contribution in [0.3, 0.4) is 0 Å². The molecule has 0 saturated heterocycles. The average Bonchev–Trinajstić information content (AvgIpc) is 2.16. The second kappa shape index (κ2) is 5.69. The maximum absolute atomic E-state index is 3.48. The predicted molar refractivity (Wildman–Crippen MR) is 62.4 cm³/mol. The van der Waals surface area contributed by atoms with Gasteiger partial charge in [-0.25, -0.2) is 0 Å². The summed E-state index contributed by atoms with van der Waals surface area (Å²) in [7, 11) is 0. The van der Waals surface area contributed by atoms with Crippen LogP contribution in [-0.4, -0.2) is 6.04 Å². The fourth-order valence-corrected chi connectivity index (χ4v) is 1.42. The van der Waals surface area contributed by atoms with Gasteiger partial charge in [-0.1, -0.05) is 26.0 Å². The molecule has 1 radical (unpaired) electrons. The van der Waals surface area contributed by atoms with Crippen molar-refractivity contribution >= 4 is 5.69 Å². The number of benzene rings is 1. The first-order valence-electron chi connectivity index (χ1n) is 5.41. The number of anilines is 1. The molecule has 0 heterocycles. The molecule has 1 unspecified atom stereocenters. The standard InChI is InChI=1S/C13H20N/c1-11(2)9-10-12(3)14-13-7-5-4-6-8-13/h5-8,11-12,14H,9-10H2,1-3H3. The van der Waals surface area contributed by atoms with Crippen molar-refractivity contribution in [1.29, 1.82) is 0 Å². The molecule has 1 aromatic rings. The molecule has 0 aromatic heterocycles. The molecule has 1 heteroatoms. The molecule has 1 N–H and O–H groups in total. The molecule has 1 atom stereocenters. The summed E-state index contributed by atoms with van der Waals surface area (Å²) < 4.78 is 0. The van der Waals surface area contributed by atoms with Crippen LogP contribution in [0.2, 0.25) is 0 Å². The summed E-state index contributed by atoms with van der Waals surface area (Å²) in [6, 6.07) is 11.6. The highest BCUT2D eigenvalue weighted by molar-refractivity contribution is 5.42. The minimum Gasteiger partial charge on any atom is -0.383 e. The van der Waals surface area contributed by atoms with E-state index in [-0.39, 0.29) is 0 Å². The van der Waals surface area contributed by atoms with E-state index in [4.69, 9.17) is 0 Å². The van der Waals surface area contributed by atoms with Crippen LogP contribution in [0.5, 0.6) is 0 Å². The van der Waals surface area contributed by atoms with Crippen molar-refractivity contribution in [2.24, 2.45) is 5.92 Å². The molecule has 1 aromatic carbocycles. The van der Waals surface area contributed by atoms with E-state index < -0.39 is 0 Å². The van der Waals surface area contributed by atoms with Crippen LogP contribution < -0.4 is 5.32 Å². The third-order valence-electron chi connectivity index (χ3n) is 2.31. The number of nitrogens with one attached hydrogen (secondary N) is 1. The van der Waals surface area contributed by atoms with Gasteiger partial charge < -0.3 is 5.32 Å². The maximum Gasteiger partial charge on any atom is 0.0342 e.